The number of alkyl halides is 3. The quantitative estimate of drug-likeness (QED) is 0.603. The topological polar surface area (TPSA) is 39.2 Å². The lowest BCUT2D eigenvalue weighted by molar-refractivity contribution is -0.141. The molecule has 1 aromatic rings. The number of nitrogens with zero attached hydrogens (tertiary/aromatic N) is 1. The Labute approximate surface area is 76.5 Å². The molecule has 0 saturated carbocycles. The first-order chi connectivity index (χ1) is 6.48. The van der Waals surface area contributed by atoms with Crippen LogP contribution in [0, 0.1) is 0 Å². The summed E-state index contributed by atoms with van der Waals surface area (Å²) in [6.07, 6.45) is -4.49. The van der Waals surface area contributed by atoms with Gasteiger partial charge in [-0.05, 0) is 12.1 Å². The second kappa shape index (κ2) is 2.70. The second-order valence-electron chi connectivity index (χ2n) is 2.76. The van der Waals surface area contributed by atoms with E-state index >= 15 is 0 Å². The van der Waals surface area contributed by atoms with Crippen LogP contribution in [-0.2, 0) is 17.5 Å². The summed E-state index contributed by atoms with van der Waals surface area (Å²) >= 11 is 0. The summed E-state index contributed by atoms with van der Waals surface area (Å²) in [5.74, 6) is -0.624. The van der Waals surface area contributed by atoms with E-state index in [0.29, 0.717) is 0 Å². The molecule has 6 heteroatoms. The van der Waals surface area contributed by atoms with E-state index in [4.69, 9.17) is 0 Å². The monoisotopic (exact) mass is 203 g/mol. The molecule has 1 aliphatic rings. The van der Waals surface area contributed by atoms with Gasteiger partial charge in [0.25, 0.3) is 0 Å². The first kappa shape index (κ1) is 8.98. The molecule has 0 aromatic carbocycles. The van der Waals surface area contributed by atoms with Crippen molar-refractivity contribution in [3.63, 3.8) is 0 Å². The Morgan fingerprint density at radius 1 is 1.36 bits per heavy atom. The Balaban J connectivity index is 2.47. The maximum Gasteiger partial charge on any atom is 0.433 e. The standard InChI is InChI=1S/C8H4F3NO2/c9-8(10,11)6-2-1-4-5(12-6)3-14-7(4)13/h1-2H,3H2. The van der Waals surface area contributed by atoms with E-state index in [2.05, 4.69) is 9.72 Å². The van der Waals surface area contributed by atoms with E-state index in [0.717, 1.165) is 12.1 Å². The molecule has 0 radical (unpaired) electrons. The van der Waals surface area contributed by atoms with Gasteiger partial charge in [0.15, 0.2) is 0 Å². The largest absolute Gasteiger partial charge is 0.456 e. The van der Waals surface area contributed by atoms with Crippen molar-refractivity contribution >= 4 is 5.97 Å². The van der Waals surface area contributed by atoms with Crippen molar-refractivity contribution in [1.29, 1.82) is 0 Å². The van der Waals surface area contributed by atoms with Crippen molar-refractivity contribution < 1.29 is 22.7 Å². The third-order valence-electron chi connectivity index (χ3n) is 1.82. The van der Waals surface area contributed by atoms with Crippen LogP contribution in [0.4, 0.5) is 13.2 Å². The molecule has 14 heavy (non-hydrogen) atoms. The van der Waals surface area contributed by atoms with Gasteiger partial charge in [-0.25, -0.2) is 9.78 Å². The highest BCUT2D eigenvalue weighted by atomic mass is 19.4. The van der Waals surface area contributed by atoms with Gasteiger partial charge in [0.1, 0.15) is 12.3 Å². The zero-order valence-corrected chi connectivity index (χ0v) is 6.76. The van der Waals surface area contributed by atoms with Gasteiger partial charge in [0.05, 0.1) is 11.3 Å². The SMILES string of the molecule is O=C1OCc2nc(C(F)(F)F)ccc21. The fourth-order valence-corrected chi connectivity index (χ4v) is 1.17. The number of pyridine rings is 1. The molecule has 0 saturated heterocycles. The zero-order chi connectivity index (χ0) is 10.3. The maximum atomic E-state index is 12.2. The highest BCUT2D eigenvalue weighted by Gasteiger charge is 2.34. The van der Waals surface area contributed by atoms with E-state index in [-0.39, 0.29) is 17.9 Å². The van der Waals surface area contributed by atoms with Gasteiger partial charge >= 0.3 is 12.1 Å². The number of carbonyl (C=O) groups excluding carboxylic acids is 1. The van der Waals surface area contributed by atoms with Crippen molar-refractivity contribution in [2.75, 3.05) is 0 Å². The first-order valence-corrected chi connectivity index (χ1v) is 3.73. The maximum absolute atomic E-state index is 12.2. The summed E-state index contributed by atoms with van der Waals surface area (Å²) in [7, 11) is 0. The molecule has 0 N–H and O–H groups in total. The van der Waals surface area contributed by atoms with Crippen molar-refractivity contribution in [1.82, 2.24) is 4.98 Å². The van der Waals surface area contributed by atoms with Gasteiger partial charge in [-0.3, -0.25) is 0 Å². The summed E-state index contributed by atoms with van der Waals surface area (Å²) in [5.41, 5.74) is -0.850. The number of cyclic esters (lactones) is 1. The average Bonchev–Trinajstić information content (AvgIpc) is 2.46. The lowest BCUT2D eigenvalue weighted by Crippen LogP contribution is -2.09. The van der Waals surface area contributed by atoms with Gasteiger partial charge in [0, 0.05) is 0 Å². The third kappa shape index (κ3) is 1.32. The summed E-state index contributed by atoms with van der Waals surface area (Å²) in [5, 5.41) is 0. The number of fused-ring (bicyclic) bond motifs is 1. The molecule has 74 valence electrons. The Morgan fingerprint density at radius 3 is 2.71 bits per heavy atom. The van der Waals surface area contributed by atoms with Crippen LogP contribution in [0.1, 0.15) is 21.7 Å². The number of rotatable bonds is 0. The minimum atomic E-state index is -4.49. The number of hydrogen-bond acceptors (Lipinski definition) is 3. The van der Waals surface area contributed by atoms with Crippen LogP contribution in [-0.4, -0.2) is 11.0 Å². The molecule has 0 bridgehead atoms. The van der Waals surface area contributed by atoms with E-state index in [1.807, 2.05) is 0 Å². The molecular weight excluding hydrogens is 199 g/mol. The van der Waals surface area contributed by atoms with Crippen LogP contribution in [0.3, 0.4) is 0 Å². The van der Waals surface area contributed by atoms with Crippen LogP contribution in [0.15, 0.2) is 12.1 Å². The van der Waals surface area contributed by atoms with Gasteiger partial charge < -0.3 is 4.74 Å². The highest BCUT2D eigenvalue weighted by Crippen LogP contribution is 2.29. The van der Waals surface area contributed by atoms with Crippen LogP contribution >= 0.6 is 0 Å². The summed E-state index contributed by atoms with van der Waals surface area (Å²) < 4.78 is 41.0. The van der Waals surface area contributed by atoms with E-state index in [1.165, 1.54) is 0 Å². The Bertz CT molecular complexity index is 400. The zero-order valence-electron chi connectivity index (χ0n) is 6.76. The summed E-state index contributed by atoms with van der Waals surface area (Å²) in [4.78, 5) is 14.2. The fraction of sp³-hybridized carbons (Fsp3) is 0.250. The Hall–Kier alpha value is -1.59. The predicted molar refractivity (Wildman–Crippen MR) is 38.4 cm³/mol. The predicted octanol–water partition coefficient (Wildman–Crippen LogP) is 1.77. The molecule has 0 fully saturated rings. The van der Waals surface area contributed by atoms with Crippen molar-refractivity contribution in [2.45, 2.75) is 12.8 Å². The number of aromatic nitrogens is 1. The summed E-state index contributed by atoms with van der Waals surface area (Å²) in [6.45, 7) is -0.182. The van der Waals surface area contributed by atoms with E-state index < -0.39 is 17.8 Å². The molecule has 0 amide bonds. The van der Waals surface area contributed by atoms with Gasteiger partial charge in [-0.1, -0.05) is 0 Å². The molecular formula is C8H4F3NO2. The molecule has 0 aliphatic carbocycles. The van der Waals surface area contributed by atoms with E-state index in [1.54, 1.807) is 0 Å². The van der Waals surface area contributed by atoms with Gasteiger partial charge in [-0.15, -0.1) is 0 Å². The van der Waals surface area contributed by atoms with Gasteiger partial charge in [-0.2, -0.15) is 13.2 Å². The number of hydrogen-bond donors (Lipinski definition) is 0. The number of ether oxygens (including phenoxy) is 1. The van der Waals surface area contributed by atoms with Crippen molar-refractivity contribution in [2.24, 2.45) is 0 Å². The van der Waals surface area contributed by atoms with E-state index in [9.17, 15) is 18.0 Å². The molecule has 2 heterocycles. The molecule has 0 atom stereocenters. The smallest absolute Gasteiger partial charge is 0.433 e. The van der Waals surface area contributed by atoms with Crippen LogP contribution in [0.2, 0.25) is 0 Å². The number of carbonyl (C=O) groups is 1. The lowest BCUT2D eigenvalue weighted by atomic mass is 10.2. The number of halogens is 3. The van der Waals surface area contributed by atoms with Crippen LogP contribution in [0.5, 0.6) is 0 Å². The Kier molecular flexibility index (Phi) is 1.73. The van der Waals surface area contributed by atoms with Crippen molar-refractivity contribution in [3.05, 3.63) is 29.1 Å². The summed E-state index contributed by atoms with van der Waals surface area (Å²) in [6, 6.07) is 1.85. The molecule has 0 unspecified atom stereocenters. The van der Waals surface area contributed by atoms with Crippen molar-refractivity contribution in [3.8, 4) is 0 Å². The molecule has 2 rings (SSSR count). The van der Waals surface area contributed by atoms with Gasteiger partial charge in [0.2, 0.25) is 0 Å². The fourth-order valence-electron chi connectivity index (χ4n) is 1.17. The third-order valence-corrected chi connectivity index (χ3v) is 1.82. The number of esters is 1. The minimum absolute atomic E-state index is 0.0461. The molecule has 1 aromatic heterocycles. The van der Waals surface area contributed by atoms with Crippen LogP contribution < -0.4 is 0 Å². The minimum Gasteiger partial charge on any atom is -0.456 e. The molecule has 1 aliphatic heterocycles. The average molecular weight is 203 g/mol. The normalized spacial score (nSPS) is 15.2. The highest BCUT2D eigenvalue weighted by molar-refractivity contribution is 5.92. The molecule has 3 nitrogen and oxygen atoms in total. The first-order valence-electron chi connectivity index (χ1n) is 3.73. The second-order valence-corrected chi connectivity index (χ2v) is 2.76. The van der Waals surface area contributed by atoms with Crippen LogP contribution in [0.25, 0.3) is 0 Å². The molecule has 0 spiro atoms. The Morgan fingerprint density at radius 2 is 2.07 bits per heavy atom. The lowest BCUT2D eigenvalue weighted by Gasteiger charge is -2.05.